The van der Waals surface area contributed by atoms with Crippen molar-refractivity contribution in [2.45, 2.75) is 19.8 Å². The van der Waals surface area contributed by atoms with Crippen molar-refractivity contribution >= 4 is 0 Å². The zero-order chi connectivity index (χ0) is 9.84. The van der Waals surface area contributed by atoms with Gasteiger partial charge >= 0.3 is 12.0 Å². The van der Waals surface area contributed by atoms with Crippen LogP contribution in [0.5, 0.6) is 12.0 Å². The highest BCUT2D eigenvalue weighted by Gasteiger charge is 2.09. The third-order valence-corrected chi connectivity index (χ3v) is 1.49. The fraction of sp³-hybridized carbons (Fsp3) is 0.625. The van der Waals surface area contributed by atoms with Crippen LogP contribution in [0.15, 0.2) is 0 Å². The molecule has 5 nitrogen and oxygen atoms in total. The van der Waals surface area contributed by atoms with E-state index in [0.717, 1.165) is 0 Å². The SMILES string of the molecule is COc1nc(OC)nc(C(C)C)n1. The van der Waals surface area contributed by atoms with Crippen LogP contribution >= 0.6 is 0 Å². The first-order valence-corrected chi connectivity index (χ1v) is 4.01. The molecule has 0 aliphatic rings. The van der Waals surface area contributed by atoms with Crippen molar-refractivity contribution < 1.29 is 9.47 Å². The Balaban J connectivity index is 3.07. The first kappa shape index (κ1) is 9.70. The average molecular weight is 183 g/mol. The van der Waals surface area contributed by atoms with E-state index in [9.17, 15) is 0 Å². The van der Waals surface area contributed by atoms with E-state index in [1.807, 2.05) is 13.8 Å². The fourth-order valence-electron chi connectivity index (χ4n) is 0.794. The fourth-order valence-corrected chi connectivity index (χ4v) is 0.794. The lowest BCUT2D eigenvalue weighted by Gasteiger charge is -2.06. The van der Waals surface area contributed by atoms with Gasteiger partial charge in [-0.25, -0.2) is 0 Å². The number of aromatic nitrogens is 3. The predicted molar refractivity (Wildman–Crippen MR) is 47.0 cm³/mol. The van der Waals surface area contributed by atoms with Crippen LogP contribution in [0.1, 0.15) is 25.6 Å². The molecule has 13 heavy (non-hydrogen) atoms. The van der Waals surface area contributed by atoms with Gasteiger partial charge in [-0.15, -0.1) is 4.98 Å². The molecule has 1 aromatic rings. The number of methoxy groups -OCH3 is 2. The molecule has 0 N–H and O–H groups in total. The molecule has 0 amide bonds. The second-order valence-electron chi connectivity index (χ2n) is 2.82. The maximum atomic E-state index is 4.91. The van der Waals surface area contributed by atoms with Gasteiger partial charge in [0.05, 0.1) is 14.2 Å². The summed E-state index contributed by atoms with van der Waals surface area (Å²) in [6.07, 6.45) is 0. The van der Waals surface area contributed by atoms with E-state index in [4.69, 9.17) is 9.47 Å². The molecule has 0 atom stereocenters. The third kappa shape index (κ3) is 2.27. The zero-order valence-corrected chi connectivity index (χ0v) is 8.24. The summed E-state index contributed by atoms with van der Waals surface area (Å²) < 4.78 is 9.81. The molecule has 0 saturated carbocycles. The van der Waals surface area contributed by atoms with E-state index >= 15 is 0 Å². The van der Waals surface area contributed by atoms with Crippen molar-refractivity contribution in [3.63, 3.8) is 0 Å². The summed E-state index contributed by atoms with van der Waals surface area (Å²) in [6.45, 7) is 3.99. The van der Waals surface area contributed by atoms with Gasteiger partial charge in [0, 0.05) is 5.92 Å². The van der Waals surface area contributed by atoms with Gasteiger partial charge < -0.3 is 9.47 Å². The van der Waals surface area contributed by atoms with Crippen LogP contribution in [0.4, 0.5) is 0 Å². The minimum absolute atomic E-state index is 0.228. The molecule has 0 radical (unpaired) electrons. The van der Waals surface area contributed by atoms with Crippen molar-refractivity contribution in [2.24, 2.45) is 0 Å². The Morgan fingerprint density at radius 3 is 1.69 bits per heavy atom. The third-order valence-electron chi connectivity index (χ3n) is 1.49. The van der Waals surface area contributed by atoms with Gasteiger partial charge in [-0.3, -0.25) is 0 Å². The van der Waals surface area contributed by atoms with E-state index in [0.29, 0.717) is 5.82 Å². The van der Waals surface area contributed by atoms with Crippen LogP contribution in [0, 0.1) is 0 Å². The summed E-state index contributed by atoms with van der Waals surface area (Å²) in [5, 5.41) is 0. The minimum Gasteiger partial charge on any atom is -0.467 e. The molecule has 0 saturated heterocycles. The van der Waals surface area contributed by atoms with Gasteiger partial charge in [0.25, 0.3) is 0 Å². The van der Waals surface area contributed by atoms with Crippen LogP contribution < -0.4 is 9.47 Å². The van der Waals surface area contributed by atoms with E-state index in [2.05, 4.69) is 15.0 Å². The average Bonchev–Trinajstić information content (AvgIpc) is 2.16. The molecule has 1 aromatic heterocycles. The van der Waals surface area contributed by atoms with Gasteiger partial charge in [0.1, 0.15) is 5.82 Å². The second kappa shape index (κ2) is 4.02. The van der Waals surface area contributed by atoms with Crippen molar-refractivity contribution in [3.05, 3.63) is 5.82 Å². The second-order valence-corrected chi connectivity index (χ2v) is 2.82. The lowest BCUT2D eigenvalue weighted by molar-refractivity contribution is 0.335. The van der Waals surface area contributed by atoms with Gasteiger partial charge in [-0.1, -0.05) is 13.8 Å². The standard InChI is InChI=1S/C8H13N3O2/c1-5(2)6-9-7(12-3)11-8(10-6)13-4/h5H,1-4H3. The van der Waals surface area contributed by atoms with E-state index in [1.54, 1.807) is 0 Å². The molecule has 0 fully saturated rings. The molecule has 0 unspecified atom stereocenters. The van der Waals surface area contributed by atoms with Gasteiger partial charge in [-0.2, -0.15) is 9.97 Å². The van der Waals surface area contributed by atoms with Crippen molar-refractivity contribution in [2.75, 3.05) is 14.2 Å². The summed E-state index contributed by atoms with van der Waals surface area (Å²) in [5.74, 6) is 0.898. The monoisotopic (exact) mass is 183 g/mol. The molecule has 0 aliphatic carbocycles. The van der Waals surface area contributed by atoms with Crippen LogP contribution in [0.3, 0.4) is 0 Å². The molecule has 1 rings (SSSR count). The molecule has 0 bridgehead atoms. The summed E-state index contributed by atoms with van der Waals surface area (Å²) in [7, 11) is 3.03. The van der Waals surface area contributed by atoms with Crippen LogP contribution in [-0.2, 0) is 0 Å². The number of ether oxygens (including phenoxy) is 2. The Bertz CT molecular complexity index is 266. The summed E-state index contributed by atoms with van der Waals surface area (Å²) in [5.41, 5.74) is 0. The molecule has 0 spiro atoms. The van der Waals surface area contributed by atoms with E-state index < -0.39 is 0 Å². The predicted octanol–water partition coefficient (Wildman–Crippen LogP) is 1.01. The highest BCUT2D eigenvalue weighted by Crippen LogP contribution is 2.14. The van der Waals surface area contributed by atoms with Gasteiger partial charge in [0.15, 0.2) is 0 Å². The maximum Gasteiger partial charge on any atom is 0.322 e. The van der Waals surface area contributed by atoms with E-state index in [-0.39, 0.29) is 17.9 Å². The molecule has 72 valence electrons. The van der Waals surface area contributed by atoms with Gasteiger partial charge in [-0.05, 0) is 0 Å². The molecular weight excluding hydrogens is 170 g/mol. The molecule has 1 heterocycles. The smallest absolute Gasteiger partial charge is 0.322 e. The van der Waals surface area contributed by atoms with Crippen LogP contribution in [0.2, 0.25) is 0 Å². The lowest BCUT2D eigenvalue weighted by Crippen LogP contribution is -2.04. The number of nitrogens with zero attached hydrogens (tertiary/aromatic N) is 3. The largest absolute Gasteiger partial charge is 0.467 e. The minimum atomic E-state index is 0.228. The summed E-state index contributed by atoms with van der Waals surface area (Å²) >= 11 is 0. The summed E-state index contributed by atoms with van der Waals surface area (Å²) in [6, 6.07) is 0.575. The zero-order valence-electron chi connectivity index (χ0n) is 8.24. The number of hydrogen-bond donors (Lipinski definition) is 0. The quantitative estimate of drug-likeness (QED) is 0.700. The number of hydrogen-bond acceptors (Lipinski definition) is 5. The van der Waals surface area contributed by atoms with Crippen LogP contribution in [0.25, 0.3) is 0 Å². The normalized spacial score (nSPS) is 10.2. The Labute approximate surface area is 77.1 Å². The Hall–Kier alpha value is -1.39. The molecule has 0 aliphatic heterocycles. The Morgan fingerprint density at radius 1 is 0.923 bits per heavy atom. The first-order valence-electron chi connectivity index (χ1n) is 4.01. The van der Waals surface area contributed by atoms with Crippen molar-refractivity contribution in [1.29, 1.82) is 0 Å². The first-order chi connectivity index (χ1) is 6.17. The lowest BCUT2D eigenvalue weighted by atomic mass is 10.2. The topological polar surface area (TPSA) is 57.1 Å². The maximum absolute atomic E-state index is 4.91. The summed E-state index contributed by atoms with van der Waals surface area (Å²) in [4.78, 5) is 12.0. The highest BCUT2D eigenvalue weighted by atomic mass is 16.5. The molecular formula is C8H13N3O2. The molecule has 5 heteroatoms. The Kier molecular flexibility index (Phi) is 3.00. The van der Waals surface area contributed by atoms with E-state index in [1.165, 1.54) is 14.2 Å². The van der Waals surface area contributed by atoms with Crippen molar-refractivity contribution in [3.8, 4) is 12.0 Å². The van der Waals surface area contributed by atoms with Gasteiger partial charge in [0.2, 0.25) is 0 Å². The number of rotatable bonds is 3. The Morgan fingerprint density at radius 2 is 1.38 bits per heavy atom. The molecule has 0 aromatic carbocycles. The van der Waals surface area contributed by atoms with Crippen LogP contribution in [-0.4, -0.2) is 29.2 Å². The van der Waals surface area contributed by atoms with Crippen molar-refractivity contribution in [1.82, 2.24) is 15.0 Å². The highest BCUT2D eigenvalue weighted by molar-refractivity contribution is 5.07.